The van der Waals surface area contributed by atoms with Crippen LogP contribution in [0, 0.1) is 17.5 Å². The second kappa shape index (κ2) is 7.34. The largest absolute Gasteiger partial charge is 0.323 e. The van der Waals surface area contributed by atoms with Gasteiger partial charge in [-0.1, -0.05) is 34.9 Å². The number of rotatable bonds is 5. The molecule has 0 radical (unpaired) electrons. The molecule has 118 valence electrons. The number of carbonyl (C=O) groups is 1. The van der Waals surface area contributed by atoms with Crippen molar-refractivity contribution >= 4 is 46.5 Å². The van der Waals surface area contributed by atoms with Crippen LogP contribution < -0.4 is 5.32 Å². The zero-order valence-corrected chi connectivity index (χ0v) is 13.8. The monoisotopic (exact) mass is 365 g/mol. The normalized spacial score (nSPS) is 12.2. The predicted octanol–water partition coefficient (Wildman–Crippen LogP) is 3.80. The molecular weight excluding hydrogens is 355 g/mol. The summed E-state index contributed by atoms with van der Waals surface area (Å²) >= 11 is 3.92. The van der Waals surface area contributed by atoms with Gasteiger partial charge < -0.3 is 5.32 Å². The van der Waals surface area contributed by atoms with Crippen LogP contribution in [0.1, 0.15) is 6.92 Å². The molecule has 0 saturated heterocycles. The number of carbonyl (C=O) groups excluding carboxylic acids is 1. The Hall–Kier alpha value is -1.26. The molecule has 1 N–H and O–H groups in total. The maximum atomic E-state index is 13.5. The van der Waals surface area contributed by atoms with Gasteiger partial charge in [-0.25, -0.2) is 13.2 Å². The molecule has 0 aliphatic carbocycles. The van der Waals surface area contributed by atoms with E-state index in [1.807, 2.05) is 6.26 Å². The Bertz CT molecular complexity index is 695. The van der Waals surface area contributed by atoms with Crippen LogP contribution in [-0.2, 0) is 4.79 Å². The first-order valence-electron chi connectivity index (χ1n) is 5.91. The van der Waals surface area contributed by atoms with Gasteiger partial charge in [0.15, 0.2) is 26.1 Å². The van der Waals surface area contributed by atoms with Gasteiger partial charge in [0.25, 0.3) is 0 Å². The molecule has 0 aliphatic heterocycles. The van der Waals surface area contributed by atoms with Gasteiger partial charge in [-0.2, -0.15) is 0 Å². The van der Waals surface area contributed by atoms with E-state index in [2.05, 4.69) is 15.5 Å². The minimum Gasteiger partial charge on any atom is -0.323 e. The molecule has 1 amide bonds. The third kappa shape index (κ3) is 3.93. The fraction of sp³-hybridized carbons (Fsp3) is 0.250. The maximum absolute atomic E-state index is 13.5. The quantitative estimate of drug-likeness (QED) is 0.645. The van der Waals surface area contributed by atoms with Crippen LogP contribution in [0.3, 0.4) is 0 Å². The highest BCUT2D eigenvalue weighted by Crippen LogP contribution is 2.30. The van der Waals surface area contributed by atoms with E-state index in [1.165, 1.54) is 23.1 Å². The van der Waals surface area contributed by atoms with E-state index < -0.39 is 34.3 Å². The molecule has 2 aromatic rings. The van der Waals surface area contributed by atoms with E-state index in [4.69, 9.17) is 0 Å². The zero-order chi connectivity index (χ0) is 16.3. The maximum Gasteiger partial charge on any atom is 0.237 e. The Kier molecular flexibility index (Phi) is 5.70. The molecule has 1 aromatic carbocycles. The van der Waals surface area contributed by atoms with Gasteiger partial charge in [0.2, 0.25) is 5.91 Å². The van der Waals surface area contributed by atoms with Gasteiger partial charge in [0, 0.05) is 0 Å². The second-order valence-electron chi connectivity index (χ2n) is 4.01. The van der Waals surface area contributed by atoms with Crippen molar-refractivity contribution in [2.24, 2.45) is 0 Å². The molecule has 0 saturated carbocycles. The van der Waals surface area contributed by atoms with Crippen LogP contribution in [0.2, 0.25) is 0 Å². The number of nitrogens with one attached hydrogen (secondary N) is 1. The van der Waals surface area contributed by atoms with Crippen LogP contribution >= 0.6 is 34.9 Å². The minimum absolute atomic E-state index is 0.404. The summed E-state index contributed by atoms with van der Waals surface area (Å²) in [6.07, 6.45) is 1.86. The van der Waals surface area contributed by atoms with Gasteiger partial charge >= 0.3 is 0 Å². The molecule has 0 bridgehead atoms. The first-order valence-corrected chi connectivity index (χ1v) is 8.83. The Morgan fingerprint density at radius 3 is 2.55 bits per heavy atom. The molecule has 4 nitrogen and oxygen atoms in total. The van der Waals surface area contributed by atoms with Gasteiger partial charge in [-0.3, -0.25) is 4.79 Å². The molecule has 0 aliphatic rings. The number of benzene rings is 1. The first kappa shape index (κ1) is 17.1. The van der Waals surface area contributed by atoms with Crippen molar-refractivity contribution < 1.29 is 18.0 Å². The summed E-state index contributed by atoms with van der Waals surface area (Å²) in [5.74, 6) is -4.90. The van der Waals surface area contributed by atoms with Crippen molar-refractivity contribution in [3.05, 3.63) is 29.6 Å². The lowest BCUT2D eigenvalue weighted by molar-refractivity contribution is -0.115. The van der Waals surface area contributed by atoms with E-state index in [0.29, 0.717) is 4.34 Å². The summed E-state index contributed by atoms with van der Waals surface area (Å²) in [4.78, 5) is 12.0. The van der Waals surface area contributed by atoms with Crippen LogP contribution in [-0.4, -0.2) is 27.6 Å². The summed E-state index contributed by atoms with van der Waals surface area (Å²) in [5, 5.41) is 9.43. The van der Waals surface area contributed by atoms with Crippen LogP contribution in [0.4, 0.5) is 18.9 Å². The average molecular weight is 365 g/mol. The molecule has 2 rings (SSSR count). The number of nitrogens with zero attached hydrogens (tertiary/aromatic N) is 2. The fourth-order valence-electron chi connectivity index (χ4n) is 1.39. The first-order chi connectivity index (χ1) is 10.4. The van der Waals surface area contributed by atoms with Gasteiger partial charge in [-0.15, -0.1) is 10.2 Å². The highest BCUT2D eigenvalue weighted by atomic mass is 32.2. The molecule has 1 heterocycles. The highest BCUT2D eigenvalue weighted by molar-refractivity contribution is 8.03. The summed E-state index contributed by atoms with van der Waals surface area (Å²) in [6, 6.07) is 1.72. The SMILES string of the molecule is CSc1nnc(S[C@H](C)C(=O)Nc2ccc(F)c(F)c2F)s1. The van der Waals surface area contributed by atoms with Crippen molar-refractivity contribution in [2.75, 3.05) is 11.6 Å². The minimum atomic E-state index is -1.62. The summed E-state index contributed by atoms with van der Waals surface area (Å²) in [5.41, 5.74) is -0.404. The number of halogens is 3. The van der Waals surface area contributed by atoms with E-state index in [1.54, 1.807) is 6.92 Å². The highest BCUT2D eigenvalue weighted by Gasteiger charge is 2.20. The van der Waals surface area contributed by atoms with E-state index in [-0.39, 0.29) is 0 Å². The van der Waals surface area contributed by atoms with Crippen LogP contribution in [0.25, 0.3) is 0 Å². The molecule has 22 heavy (non-hydrogen) atoms. The molecule has 10 heteroatoms. The Morgan fingerprint density at radius 2 is 1.91 bits per heavy atom. The standard InChI is InChI=1S/C12H10F3N3OS3/c1-5(21-12-18-17-11(20-2)22-12)10(19)16-7-4-3-6(13)8(14)9(7)15/h3-5H,1-2H3,(H,16,19)/t5-/m1/s1. The Labute approximate surface area is 136 Å². The summed E-state index contributed by atoms with van der Waals surface area (Å²) < 4.78 is 40.8. The lowest BCUT2D eigenvalue weighted by Gasteiger charge is -2.11. The molecule has 0 fully saturated rings. The summed E-state index contributed by atoms with van der Waals surface area (Å²) in [6.45, 7) is 1.60. The smallest absolute Gasteiger partial charge is 0.237 e. The Balaban J connectivity index is 2.04. The molecule has 1 atom stereocenters. The Morgan fingerprint density at radius 1 is 1.23 bits per heavy atom. The van der Waals surface area contributed by atoms with Crippen molar-refractivity contribution in [3.8, 4) is 0 Å². The van der Waals surface area contributed by atoms with Gasteiger partial charge in [-0.05, 0) is 25.3 Å². The van der Waals surface area contributed by atoms with Crippen molar-refractivity contribution in [1.82, 2.24) is 10.2 Å². The lowest BCUT2D eigenvalue weighted by Crippen LogP contribution is -2.23. The van der Waals surface area contributed by atoms with Crippen molar-refractivity contribution in [1.29, 1.82) is 0 Å². The number of thioether (sulfide) groups is 2. The third-order valence-electron chi connectivity index (χ3n) is 2.50. The molecular formula is C12H10F3N3OS3. The second-order valence-corrected chi connectivity index (χ2v) is 7.63. The van der Waals surface area contributed by atoms with E-state index in [9.17, 15) is 18.0 Å². The van der Waals surface area contributed by atoms with Crippen molar-refractivity contribution in [3.63, 3.8) is 0 Å². The predicted molar refractivity (Wildman–Crippen MR) is 82.0 cm³/mol. The molecule has 0 unspecified atom stereocenters. The number of amides is 1. The topological polar surface area (TPSA) is 54.9 Å². The average Bonchev–Trinajstić information content (AvgIpc) is 2.95. The number of hydrogen-bond acceptors (Lipinski definition) is 6. The van der Waals surface area contributed by atoms with Gasteiger partial charge in [0.05, 0.1) is 10.9 Å². The van der Waals surface area contributed by atoms with Crippen LogP contribution in [0.5, 0.6) is 0 Å². The zero-order valence-electron chi connectivity index (χ0n) is 11.4. The third-order valence-corrected chi connectivity index (χ3v) is 5.59. The van der Waals surface area contributed by atoms with Crippen molar-refractivity contribution in [2.45, 2.75) is 20.9 Å². The fourth-order valence-corrected chi connectivity index (χ4v) is 3.97. The van der Waals surface area contributed by atoms with Crippen LogP contribution in [0.15, 0.2) is 20.8 Å². The van der Waals surface area contributed by atoms with E-state index in [0.717, 1.165) is 28.2 Å². The molecule has 1 aromatic heterocycles. The van der Waals surface area contributed by atoms with E-state index >= 15 is 0 Å². The number of hydrogen-bond donors (Lipinski definition) is 1. The summed E-state index contributed by atoms with van der Waals surface area (Å²) in [7, 11) is 0. The van der Waals surface area contributed by atoms with Gasteiger partial charge in [0.1, 0.15) is 0 Å². The number of anilines is 1. The molecule has 0 spiro atoms. The lowest BCUT2D eigenvalue weighted by atomic mass is 10.2. The number of aromatic nitrogens is 2.